The summed E-state index contributed by atoms with van der Waals surface area (Å²) >= 11 is 1.37. The minimum absolute atomic E-state index is 0.100. The maximum Gasteiger partial charge on any atom is 0.271 e. The molecule has 1 unspecified atom stereocenters. The largest absolute Gasteiger partial charge is 0.497 e. The highest BCUT2D eigenvalue weighted by atomic mass is 32.1. The van der Waals surface area contributed by atoms with Gasteiger partial charge in [0.1, 0.15) is 22.7 Å². The highest BCUT2D eigenvalue weighted by Crippen LogP contribution is 2.31. The Kier molecular flexibility index (Phi) is 6.98. The van der Waals surface area contributed by atoms with Gasteiger partial charge in [0, 0.05) is 4.88 Å². The van der Waals surface area contributed by atoms with Crippen molar-refractivity contribution in [1.82, 2.24) is 14.9 Å². The summed E-state index contributed by atoms with van der Waals surface area (Å²) in [6, 6.07) is 17.0. The lowest BCUT2D eigenvalue weighted by Crippen LogP contribution is -2.36. The van der Waals surface area contributed by atoms with Gasteiger partial charge in [-0.3, -0.25) is 14.2 Å². The number of amides is 1. The molecule has 0 spiro atoms. The minimum Gasteiger partial charge on any atom is -0.497 e. The van der Waals surface area contributed by atoms with Gasteiger partial charge in [-0.2, -0.15) is 0 Å². The fraction of sp³-hybridized carbons (Fsp3) is 0.269. The number of rotatable bonds is 8. The number of benzene rings is 2. The first-order valence-corrected chi connectivity index (χ1v) is 11.8. The minimum atomic E-state index is -0.246. The molecule has 7 nitrogen and oxygen atoms in total. The van der Waals surface area contributed by atoms with E-state index in [9.17, 15) is 9.59 Å². The average Bonchev–Trinajstić information content (AvgIpc) is 3.29. The van der Waals surface area contributed by atoms with Crippen LogP contribution in [0.1, 0.15) is 25.5 Å². The van der Waals surface area contributed by atoms with E-state index in [0.717, 1.165) is 27.5 Å². The number of carbonyl (C=O) groups is 1. The molecule has 0 aliphatic heterocycles. The molecule has 1 atom stereocenters. The van der Waals surface area contributed by atoms with Crippen molar-refractivity contribution in [3.05, 3.63) is 76.8 Å². The fourth-order valence-electron chi connectivity index (χ4n) is 3.78. The van der Waals surface area contributed by atoms with E-state index in [2.05, 4.69) is 10.3 Å². The van der Waals surface area contributed by atoms with Crippen LogP contribution in [0.2, 0.25) is 0 Å². The molecule has 34 heavy (non-hydrogen) atoms. The zero-order valence-corrected chi connectivity index (χ0v) is 20.4. The van der Waals surface area contributed by atoms with Crippen molar-refractivity contribution < 1.29 is 14.3 Å². The van der Waals surface area contributed by atoms with Crippen LogP contribution in [0.25, 0.3) is 20.7 Å². The van der Waals surface area contributed by atoms with E-state index in [0.29, 0.717) is 10.2 Å². The molecule has 4 aromatic rings. The Hall–Kier alpha value is -3.65. The highest BCUT2D eigenvalue weighted by Gasteiger charge is 2.20. The molecule has 0 aliphatic carbocycles. The molecule has 4 rings (SSSR count). The molecule has 0 saturated carbocycles. The molecule has 2 aromatic carbocycles. The van der Waals surface area contributed by atoms with Gasteiger partial charge in [0.05, 0.1) is 32.1 Å². The van der Waals surface area contributed by atoms with Crippen molar-refractivity contribution in [1.29, 1.82) is 0 Å². The molecule has 2 aromatic heterocycles. The second kappa shape index (κ2) is 10.1. The Morgan fingerprint density at radius 1 is 1.03 bits per heavy atom. The molecule has 0 bridgehead atoms. The van der Waals surface area contributed by atoms with Gasteiger partial charge in [-0.25, -0.2) is 4.98 Å². The summed E-state index contributed by atoms with van der Waals surface area (Å²) in [4.78, 5) is 31.3. The average molecular weight is 478 g/mol. The van der Waals surface area contributed by atoms with Crippen molar-refractivity contribution >= 4 is 27.5 Å². The van der Waals surface area contributed by atoms with Crippen molar-refractivity contribution in [2.45, 2.75) is 26.4 Å². The Balaban J connectivity index is 1.54. The van der Waals surface area contributed by atoms with Crippen molar-refractivity contribution in [3.63, 3.8) is 0 Å². The number of ether oxygens (including phenoxy) is 2. The van der Waals surface area contributed by atoms with Crippen LogP contribution in [-0.4, -0.2) is 29.7 Å². The van der Waals surface area contributed by atoms with Gasteiger partial charge in [-0.05, 0) is 59.5 Å². The predicted octanol–water partition coefficient (Wildman–Crippen LogP) is 4.66. The van der Waals surface area contributed by atoms with Crippen molar-refractivity contribution in [3.8, 4) is 21.9 Å². The number of hydrogen-bond acceptors (Lipinski definition) is 6. The van der Waals surface area contributed by atoms with Crippen LogP contribution in [0.4, 0.5) is 0 Å². The Morgan fingerprint density at radius 3 is 2.24 bits per heavy atom. The number of hydrogen-bond donors (Lipinski definition) is 1. The standard InChI is InChI=1S/C26H27N3O4S/c1-16(2)24(18-7-11-20(33-4)12-8-18)28-23(30)14-29-15-27-21-13-22(34-25(21)26(29)31)17-5-9-19(32-3)10-6-17/h5-13,15-16,24H,14H2,1-4H3,(H,28,30). The summed E-state index contributed by atoms with van der Waals surface area (Å²) in [5.74, 6) is 1.45. The van der Waals surface area contributed by atoms with Gasteiger partial charge in [-0.1, -0.05) is 26.0 Å². The van der Waals surface area contributed by atoms with Crippen LogP contribution in [-0.2, 0) is 11.3 Å². The lowest BCUT2D eigenvalue weighted by Gasteiger charge is -2.23. The predicted molar refractivity (Wildman–Crippen MR) is 135 cm³/mol. The number of methoxy groups -OCH3 is 2. The quantitative estimate of drug-likeness (QED) is 0.399. The molecule has 0 aliphatic rings. The molecular formula is C26H27N3O4S. The van der Waals surface area contributed by atoms with E-state index < -0.39 is 0 Å². The van der Waals surface area contributed by atoms with Gasteiger partial charge in [0.15, 0.2) is 0 Å². The summed E-state index contributed by atoms with van der Waals surface area (Å²) in [7, 11) is 3.24. The van der Waals surface area contributed by atoms with Crippen molar-refractivity contribution in [2.24, 2.45) is 5.92 Å². The molecule has 176 valence electrons. The van der Waals surface area contributed by atoms with E-state index in [1.54, 1.807) is 14.2 Å². The third-order valence-corrected chi connectivity index (χ3v) is 6.81. The number of thiophene rings is 1. The molecule has 0 radical (unpaired) electrons. The van der Waals surface area contributed by atoms with E-state index in [1.165, 1.54) is 22.2 Å². The molecule has 1 amide bonds. The van der Waals surface area contributed by atoms with E-state index in [4.69, 9.17) is 9.47 Å². The second-order valence-electron chi connectivity index (χ2n) is 8.29. The summed E-state index contributed by atoms with van der Waals surface area (Å²) in [6.45, 7) is 3.99. The van der Waals surface area contributed by atoms with Crippen LogP contribution < -0.4 is 20.3 Å². The second-order valence-corrected chi connectivity index (χ2v) is 9.35. The van der Waals surface area contributed by atoms with Crippen molar-refractivity contribution in [2.75, 3.05) is 14.2 Å². The summed E-state index contributed by atoms with van der Waals surface area (Å²) < 4.78 is 12.3. The monoisotopic (exact) mass is 477 g/mol. The normalized spacial score (nSPS) is 12.0. The third-order valence-electron chi connectivity index (χ3n) is 5.65. The Labute approximate surface area is 202 Å². The number of fused-ring (bicyclic) bond motifs is 1. The first-order chi connectivity index (χ1) is 16.4. The van der Waals surface area contributed by atoms with Crippen LogP contribution in [0.5, 0.6) is 11.5 Å². The Morgan fingerprint density at radius 2 is 1.65 bits per heavy atom. The van der Waals surface area contributed by atoms with Gasteiger partial charge in [0.25, 0.3) is 5.56 Å². The zero-order chi connectivity index (χ0) is 24.2. The molecule has 1 N–H and O–H groups in total. The molecular weight excluding hydrogens is 450 g/mol. The maximum absolute atomic E-state index is 13.1. The SMILES string of the molecule is COc1ccc(-c2cc3ncn(CC(=O)NC(c4ccc(OC)cc4)C(C)C)c(=O)c3s2)cc1. The lowest BCUT2D eigenvalue weighted by atomic mass is 9.96. The smallest absolute Gasteiger partial charge is 0.271 e. The zero-order valence-electron chi connectivity index (χ0n) is 19.6. The van der Waals surface area contributed by atoms with Gasteiger partial charge >= 0.3 is 0 Å². The van der Waals surface area contributed by atoms with E-state index in [-0.39, 0.29) is 30.0 Å². The fourth-order valence-corrected chi connectivity index (χ4v) is 4.84. The van der Waals surface area contributed by atoms with Crippen LogP contribution in [0.15, 0.2) is 65.7 Å². The molecule has 2 heterocycles. The molecule has 0 saturated heterocycles. The summed E-state index contributed by atoms with van der Waals surface area (Å²) in [6.07, 6.45) is 1.44. The topological polar surface area (TPSA) is 82.5 Å². The molecule has 8 heteroatoms. The number of nitrogens with zero attached hydrogens (tertiary/aromatic N) is 2. The Bertz CT molecular complexity index is 1340. The van der Waals surface area contributed by atoms with Crippen LogP contribution in [0, 0.1) is 5.92 Å². The number of aromatic nitrogens is 2. The van der Waals surface area contributed by atoms with Gasteiger partial charge in [0.2, 0.25) is 5.91 Å². The van der Waals surface area contributed by atoms with Crippen LogP contribution in [0.3, 0.4) is 0 Å². The van der Waals surface area contributed by atoms with E-state index in [1.807, 2.05) is 68.4 Å². The third kappa shape index (κ3) is 4.97. The van der Waals surface area contributed by atoms with Gasteiger partial charge < -0.3 is 14.8 Å². The first kappa shape index (κ1) is 23.5. The number of nitrogens with one attached hydrogen (secondary N) is 1. The summed E-state index contributed by atoms with van der Waals surface area (Å²) in [5, 5.41) is 3.06. The number of carbonyl (C=O) groups excluding carboxylic acids is 1. The maximum atomic E-state index is 13.1. The molecule has 0 fully saturated rings. The highest BCUT2D eigenvalue weighted by molar-refractivity contribution is 7.22. The lowest BCUT2D eigenvalue weighted by molar-refractivity contribution is -0.122. The van der Waals surface area contributed by atoms with Crippen LogP contribution >= 0.6 is 11.3 Å². The summed E-state index contributed by atoms with van der Waals surface area (Å²) in [5.41, 5.74) is 2.35. The van der Waals surface area contributed by atoms with E-state index >= 15 is 0 Å². The van der Waals surface area contributed by atoms with Gasteiger partial charge in [-0.15, -0.1) is 11.3 Å². The first-order valence-electron chi connectivity index (χ1n) is 11.0.